The molecule has 1 saturated heterocycles. The Bertz CT molecular complexity index is 703. The van der Waals surface area contributed by atoms with Crippen LogP contribution in [0.4, 0.5) is 4.79 Å². The van der Waals surface area contributed by atoms with Gasteiger partial charge < -0.3 is 9.64 Å². The van der Waals surface area contributed by atoms with E-state index in [4.69, 9.17) is 16.3 Å². The van der Waals surface area contributed by atoms with Crippen molar-refractivity contribution in [3.8, 4) is 0 Å². The summed E-state index contributed by atoms with van der Waals surface area (Å²) in [4.78, 5) is 21.3. The van der Waals surface area contributed by atoms with E-state index in [2.05, 4.69) is 9.97 Å². The standard InChI is InChI=1S/C15H22ClN3O4S/c1-15(2,3)23-14(20)19-7-5-4-6-11(19)9-24(21,22)13-8-12(16)17-10-18-13/h8,10-11H,4-7,9H2,1-3H3. The Morgan fingerprint density at radius 2 is 2.08 bits per heavy atom. The highest BCUT2D eigenvalue weighted by atomic mass is 35.5. The van der Waals surface area contributed by atoms with Crippen LogP contribution in [0.15, 0.2) is 17.4 Å². The van der Waals surface area contributed by atoms with Gasteiger partial charge in [0, 0.05) is 18.7 Å². The zero-order valence-electron chi connectivity index (χ0n) is 14.0. The van der Waals surface area contributed by atoms with Gasteiger partial charge in [0.15, 0.2) is 14.9 Å². The highest BCUT2D eigenvalue weighted by molar-refractivity contribution is 7.91. The van der Waals surface area contributed by atoms with E-state index in [9.17, 15) is 13.2 Å². The number of amides is 1. The quantitative estimate of drug-likeness (QED) is 0.754. The van der Waals surface area contributed by atoms with Crippen molar-refractivity contribution in [1.82, 2.24) is 14.9 Å². The normalized spacial score (nSPS) is 19.2. The lowest BCUT2D eigenvalue weighted by Crippen LogP contribution is -2.48. The van der Waals surface area contributed by atoms with Gasteiger partial charge in [-0.05, 0) is 40.0 Å². The van der Waals surface area contributed by atoms with Gasteiger partial charge in [-0.15, -0.1) is 0 Å². The molecule has 1 unspecified atom stereocenters. The second kappa shape index (κ2) is 7.23. The summed E-state index contributed by atoms with van der Waals surface area (Å²) in [5.74, 6) is -0.209. The Morgan fingerprint density at radius 3 is 2.71 bits per heavy atom. The molecule has 0 bridgehead atoms. The highest BCUT2D eigenvalue weighted by Gasteiger charge is 2.34. The molecule has 1 atom stereocenters. The summed E-state index contributed by atoms with van der Waals surface area (Å²) in [6.07, 6.45) is 2.93. The van der Waals surface area contributed by atoms with Crippen molar-refractivity contribution in [1.29, 1.82) is 0 Å². The number of carbonyl (C=O) groups excluding carboxylic acids is 1. The third-order valence-corrected chi connectivity index (χ3v) is 5.49. The average Bonchev–Trinajstić information content (AvgIpc) is 2.45. The van der Waals surface area contributed by atoms with E-state index in [0.717, 1.165) is 19.2 Å². The molecule has 0 spiro atoms. The topological polar surface area (TPSA) is 89.5 Å². The van der Waals surface area contributed by atoms with Gasteiger partial charge in [-0.1, -0.05) is 11.6 Å². The van der Waals surface area contributed by atoms with E-state index in [-0.39, 0.29) is 15.9 Å². The molecule has 0 radical (unpaired) electrons. The van der Waals surface area contributed by atoms with E-state index in [1.165, 1.54) is 11.0 Å². The van der Waals surface area contributed by atoms with Crippen LogP contribution in [0.25, 0.3) is 0 Å². The lowest BCUT2D eigenvalue weighted by Gasteiger charge is -2.36. The molecule has 0 aromatic carbocycles. The molecule has 24 heavy (non-hydrogen) atoms. The van der Waals surface area contributed by atoms with Crippen LogP contribution in [0.1, 0.15) is 40.0 Å². The van der Waals surface area contributed by atoms with E-state index >= 15 is 0 Å². The largest absolute Gasteiger partial charge is 0.444 e. The Balaban J connectivity index is 2.17. The van der Waals surface area contributed by atoms with Crippen molar-refractivity contribution in [3.05, 3.63) is 17.5 Å². The molecule has 7 nitrogen and oxygen atoms in total. The Hall–Kier alpha value is -1.41. The average molecular weight is 376 g/mol. The van der Waals surface area contributed by atoms with Crippen molar-refractivity contribution in [3.63, 3.8) is 0 Å². The molecule has 1 aromatic rings. The summed E-state index contributed by atoms with van der Waals surface area (Å²) in [5, 5.41) is -0.0616. The Morgan fingerprint density at radius 1 is 1.38 bits per heavy atom. The lowest BCUT2D eigenvalue weighted by molar-refractivity contribution is 0.0124. The molecule has 2 rings (SSSR count). The summed E-state index contributed by atoms with van der Waals surface area (Å²) >= 11 is 5.75. The molecular formula is C15H22ClN3O4S. The number of hydrogen-bond donors (Lipinski definition) is 0. The summed E-state index contributed by atoms with van der Waals surface area (Å²) < 4.78 is 30.5. The number of piperidine rings is 1. The van der Waals surface area contributed by atoms with Gasteiger partial charge in [0.1, 0.15) is 17.1 Å². The first-order chi connectivity index (χ1) is 11.1. The van der Waals surface area contributed by atoms with Crippen LogP contribution in [0.2, 0.25) is 5.15 Å². The smallest absolute Gasteiger partial charge is 0.410 e. The number of carbonyl (C=O) groups is 1. The second-order valence-corrected chi connectivity index (χ2v) is 9.15. The minimum atomic E-state index is -3.68. The molecule has 9 heteroatoms. The molecule has 1 fully saturated rings. The van der Waals surface area contributed by atoms with Gasteiger partial charge in [0.25, 0.3) is 0 Å². The number of ether oxygens (including phenoxy) is 1. The predicted molar refractivity (Wildman–Crippen MR) is 89.7 cm³/mol. The molecule has 2 heterocycles. The number of nitrogens with zero attached hydrogens (tertiary/aromatic N) is 3. The SMILES string of the molecule is CC(C)(C)OC(=O)N1CCCCC1CS(=O)(=O)c1cc(Cl)ncn1. The van der Waals surface area contributed by atoms with Gasteiger partial charge in [-0.25, -0.2) is 23.2 Å². The molecule has 1 aliphatic heterocycles. The van der Waals surface area contributed by atoms with Gasteiger partial charge in [0.2, 0.25) is 0 Å². The molecule has 1 aromatic heterocycles. The number of likely N-dealkylation sites (tertiary alicyclic amines) is 1. The fraction of sp³-hybridized carbons (Fsp3) is 0.667. The molecule has 0 aliphatic carbocycles. The number of sulfone groups is 1. The van der Waals surface area contributed by atoms with Crippen LogP contribution < -0.4 is 0 Å². The van der Waals surface area contributed by atoms with E-state index in [0.29, 0.717) is 13.0 Å². The van der Waals surface area contributed by atoms with E-state index < -0.39 is 27.6 Å². The molecule has 1 amide bonds. The first kappa shape index (κ1) is 18.9. The zero-order valence-corrected chi connectivity index (χ0v) is 15.6. The van der Waals surface area contributed by atoms with Gasteiger partial charge in [-0.3, -0.25) is 0 Å². The van der Waals surface area contributed by atoms with E-state index in [1.54, 1.807) is 20.8 Å². The summed E-state index contributed by atoms with van der Waals surface area (Å²) in [7, 11) is -3.68. The van der Waals surface area contributed by atoms with Gasteiger partial charge in [0.05, 0.1) is 5.75 Å². The first-order valence-corrected chi connectivity index (χ1v) is 9.81. The predicted octanol–water partition coefficient (Wildman–Crippen LogP) is 2.69. The van der Waals surface area contributed by atoms with Crippen molar-refractivity contribution < 1.29 is 17.9 Å². The highest BCUT2D eigenvalue weighted by Crippen LogP contribution is 2.23. The van der Waals surface area contributed by atoms with E-state index in [1.807, 2.05) is 0 Å². The van der Waals surface area contributed by atoms with Crippen LogP contribution in [0, 0.1) is 0 Å². The molecule has 0 saturated carbocycles. The fourth-order valence-electron chi connectivity index (χ4n) is 2.56. The maximum Gasteiger partial charge on any atom is 0.410 e. The van der Waals surface area contributed by atoms with Crippen LogP contribution in [-0.4, -0.2) is 53.3 Å². The Kier molecular flexibility index (Phi) is 5.70. The van der Waals surface area contributed by atoms with Crippen LogP contribution in [0.3, 0.4) is 0 Å². The molecule has 0 N–H and O–H groups in total. The second-order valence-electron chi connectivity index (χ2n) is 6.78. The number of rotatable bonds is 3. The minimum absolute atomic E-state index is 0.0659. The number of halogens is 1. The number of hydrogen-bond acceptors (Lipinski definition) is 6. The molecule has 134 valence electrons. The molecular weight excluding hydrogens is 354 g/mol. The van der Waals surface area contributed by atoms with Crippen molar-refractivity contribution in [2.45, 2.75) is 56.7 Å². The zero-order chi connectivity index (χ0) is 18.0. The summed E-state index contributed by atoms with van der Waals surface area (Å²) in [6.45, 7) is 5.83. The number of aromatic nitrogens is 2. The maximum atomic E-state index is 12.6. The van der Waals surface area contributed by atoms with Crippen LogP contribution in [0.5, 0.6) is 0 Å². The lowest BCUT2D eigenvalue weighted by atomic mass is 10.0. The minimum Gasteiger partial charge on any atom is -0.444 e. The van der Waals surface area contributed by atoms with Crippen molar-refractivity contribution in [2.75, 3.05) is 12.3 Å². The monoisotopic (exact) mass is 375 g/mol. The van der Waals surface area contributed by atoms with Crippen molar-refractivity contribution in [2.24, 2.45) is 0 Å². The van der Waals surface area contributed by atoms with Gasteiger partial charge >= 0.3 is 6.09 Å². The fourth-order valence-corrected chi connectivity index (χ4v) is 4.30. The summed E-state index contributed by atoms with van der Waals surface area (Å²) in [5.41, 5.74) is -0.627. The molecule has 1 aliphatic rings. The van der Waals surface area contributed by atoms with Gasteiger partial charge in [-0.2, -0.15) is 0 Å². The maximum absolute atomic E-state index is 12.6. The van der Waals surface area contributed by atoms with Crippen LogP contribution in [-0.2, 0) is 14.6 Å². The first-order valence-electron chi connectivity index (χ1n) is 7.78. The third-order valence-electron chi connectivity index (χ3n) is 3.59. The Labute approximate surface area is 147 Å². The third kappa shape index (κ3) is 5.04. The van der Waals surface area contributed by atoms with Crippen molar-refractivity contribution >= 4 is 27.5 Å². The van der Waals surface area contributed by atoms with Crippen LogP contribution >= 0.6 is 11.6 Å². The summed E-state index contributed by atoms with van der Waals surface area (Å²) in [6, 6.07) is 0.782.